The Morgan fingerprint density at radius 3 is 2.70 bits per heavy atom. The van der Waals surface area contributed by atoms with Crippen molar-refractivity contribution in [2.75, 3.05) is 11.1 Å². The van der Waals surface area contributed by atoms with Crippen LogP contribution in [0.1, 0.15) is 0 Å². The fraction of sp³-hybridized carbons (Fsp3) is 0. The molecule has 3 N–H and O–H groups in total. The van der Waals surface area contributed by atoms with Gasteiger partial charge in [0.25, 0.3) is 0 Å². The average Bonchev–Trinajstić information content (AvgIpc) is 2.37. The van der Waals surface area contributed by atoms with Crippen molar-refractivity contribution in [3.63, 3.8) is 0 Å². The van der Waals surface area contributed by atoms with Crippen LogP contribution in [-0.2, 0) is 0 Å². The van der Waals surface area contributed by atoms with Gasteiger partial charge in [-0.2, -0.15) is 4.98 Å². The maximum atomic E-state index is 13.3. The summed E-state index contributed by atoms with van der Waals surface area (Å²) in [5.41, 5.74) is 6.89. The summed E-state index contributed by atoms with van der Waals surface area (Å²) in [6.45, 7) is 0. The van der Waals surface area contributed by atoms with Gasteiger partial charge in [0, 0.05) is 16.1 Å². The average molecular weight is 289 g/mol. The lowest BCUT2D eigenvalue weighted by atomic mass is 10.2. The van der Waals surface area contributed by atoms with Crippen LogP contribution in [0.2, 0.25) is 5.02 Å². The lowest BCUT2D eigenvalue weighted by Crippen LogP contribution is -2.01. The molecule has 0 fully saturated rings. The van der Waals surface area contributed by atoms with Crippen LogP contribution >= 0.6 is 11.6 Å². The highest BCUT2D eigenvalue weighted by Crippen LogP contribution is 2.26. The lowest BCUT2D eigenvalue weighted by Gasteiger charge is -2.09. The molecule has 0 unspecified atom stereocenters. The molecule has 0 saturated carbocycles. The number of benzene rings is 2. The van der Waals surface area contributed by atoms with Gasteiger partial charge in [-0.3, -0.25) is 0 Å². The monoisotopic (exact) mass is 288 g/mol. The second kappa shape index (κ2) is 4.94. The van der Waals surface area contributed by atoms with Gasteiger partial charge in [-0.15, -0.1) is 0 Å². The van der Waals surface area contributed by atoms with E-state index >= 15 is 0 Å². The van der Waals surface area contributed by atoms with Crippen molar-refractivity contribution in [1.29, 1.82) is 0 Å². The van der Waals surface area contributed by atoms with E-state index in [9.17, 15) is 4.39 Å². The molecular weight excluding hydrogens is 279 g/mol. The van der Waals surface area contributed by atoms with E-state index in [1.807, 2.05) is 24.3 Å². The number of hydrogen-bond donors (Lipinski definition) is 2. The van der Waals surface area contributed by atoms with Crippen molar-refractivity contribution in [2.45, 2.75) is 0 Å². The Morgan fingerprint density at radius 1 is 1.10 bits per heavy atom. The number of anilines is 3. The summed E-state index contributed by atoms with van der Waals surface area (Å²) in [7, 11) is 0. The van der Waals surface area contributed by atoms with E-state index in [-0.39, 0.29) is 5.95 Å². The Bertz CT molecular complexity index is 771. The van der Waals surface area contributed by atoms with Crippen LogP contribution in [0.5, 0.6) is 0 Å². The van der Waals surface area contributed by atoms with Crippen molar-refractivity contribution in [1.82, 2.24) is 9.97 Å². The Balaban J connectivity index is 2.10. The molecule has 0 bridgehead atoms. The number of nitrogens with two attached hydrogens (primary N) is 1. The molecule has 4 nitrogen and oxygen atoms in total. The molecule has 0 atom stereocenters. The summed E-state index contributed by atoms with van der Waals surface area (Å²) in [6.07, 6.45) is 0. The maximum Gasteiger partial charge on any atom is 0.222 e. The maximum absolute atomic E-state index is 13.3. The quantitative estimate of drug-likeness (QED) is 0.754. The number of nitrogen functional groups attached to an aromatic ring is 1. The molecule has 0 aliphatic heterocycles. The predicted octanol–water partition coefficient (Wildman–Crippen LogP) is 3.75. The van der Waals surface area contributed by atoms with Gasteiger partial charge in [-0.05, 0) is 30.3 Å². The van der Waals surface area contributed by atoms with Gasteiger partial charge in [-0.1, -0.05) is 23.7 Å². The minimum absolute atomic E-state index is 0.147. The van der Waals surface area contributed by atoms with Crippen molar-refractivity contribution >= 4 is 40.0 Å². The standard InChI is InChI=1S/C14H10ClFN4/c15-8-5-9(16)7-10(6-8)18-13-11-3-1-2-4-12(11)19-14(17)20-13/h1-7H,(H3,17,18,19,20). The third-order valence-corrected chi connectivity index (χ3v) is 2.96. The van der Waals surface area contributed by atoms with Gasteiger partial charge in [0.1, 0.15) is 11.6 Å². The smallest absolute Gasteiger partial charge is 0.222 e. The van der Waals surface area contributed by atoms with Gasteiger partial charge in [0.05, 0.1) is 5.52 Å². The zero-order valence-electron chi connectivity index (χ0n) is 10.3. The molecule has 1 heterocycles. The molecule has 2 aromatic carbocycles. The first-order chi connectivity index (χ1) is 9.61. The zero-order chi connectivity index (χ0) is 14.1. The first kappa shape index (κ1) is 12.6. The number of halogens is 2. The third kappa shape index (κ3) is 2.48. The topological polar surface area (TPSA) is 63.8 Å². The molecule has 0 saturated heterocycles. The Hall–Kier alpha value is -2.40. The van der Waals surface area contributed by atoms with Crippen molar-refractivity contribution in [3.8, 4) is 0 Å². The van der Waals surface area contributed by atoms with E-state index in [2.05, 4.69) is 15.3 Å². The predicted molar refractivity (Wildman–Crippen MR) is 78.6 cm³/mol. The summed E-state index contributed by atoms with van der Waals surface area (Å²) in [6, 6.07) is 11.6. The van der Waals surface area contributed by atoms with Gasteiger partial charge >= 0.3 is 0 Å². The summed E-state index contributed by atoms with van der Waals surface area (Å²) >= 11 is 5.83. The van der Waals surface area contributed by atoms with E-state index in [0.717, 1.165) is 5.39 Å². The van der Waals surface area contributed by atoms with E-state index in [0.29, 0.717) is 22.0 Å². The van der Waals surface area contributed by atoms with Crippen LogP contribution in [-0.4, -0.2) is 9.97 Å². The second-order valence-corrected chi connectivity index (χ2v) is 4.67. The molecule has 0 radical (unpaired) electrons. The summed E-state index contributed by atoms with van der Waals surface area (Å²) < 4.78 is 13.3. The van der Waals surface area contributed by atoms with Crippen molar-refractivity contribution < 1.29 is 4.39 Å². The van der Waals surface area contributed by atoms with Crippen molar-refractivity contribution in [2.24, 2.45) is 0 Å². The van der Waals surface area contributed by atoms with Gasteiger partial charge in [0.2, 0.25) is 5.95 Å². The van der Waals surface area contributed by atoms with Crippen LogP contribution in [0.3, 0.4) is 0 Å². The summed E-state index contributed by atoms with van der Waals surface area (Å²) in [5.74, 6) is 0.231. The van der Waals surface area contributed by atoms with Gasteiger partial charge in [0.15, 0.2) is 0 Å². The van der Waals surface area contributed by atoms with E-state index in [4.69, 9.17) is 17.3 Å². The Kier molecular flexibility index (Phi) is 3.12. The number of nitrogens with one attached hydrogen (secondary N) is 1. The molecule has 6 heteroatoms. The second-order valence-electron chi connectivity index (χ2n) is 4.23. The largest absolute Gasteiger partial charge is 0.368 e. The fourth-order valence-corrected chi connectivity index (χ4v) is 2.17. The lowest BCUT2D eigenvalue weighted by molar-refractivity contribution is 0.628. The number of fused-ring (bicyclic) bond motifs is 1. The number of nitrogens with zero attached hydrogens (tertiary/aromatic N) is 2. The molecule has 0 spiro atoms. The minimum atomic E-state index is -0.425. The molecule has 100 valence electrons. The normalized spacial score (nSPS) is 10.7. The zero-order valence-corrected chi connectivity index (χ0v) is 11.0. The molecular formula is C14H10ClFN4. The molecule has 0 amide bonds. The highest BCUT2D eigenvalue weighted by atomic mass is 35.5. The van der Waals surface area contributed by atoms with E-state index in [1.165, 1.54) is 12.1 Å². The van der Waals surface area contributed by atoms with Crippen LogP contribution < -0.4 is 11.1 Å². The Labute approximate surface area is 119 Å². The SMILES string of the molecule is Nc1nc(Nc2cc(F)cc(Cl)c2)c2ccccc2n1. The molecule has 20 heavy (non-hydrogen) atoms. The molecule has 3 rings (SSSR count). The Morgan fingerprint density at radius 2 is 1.90 bits per heavy atom. The van der Waals surface area contributed by atoms with Gasteiger partial charge < -0.3 is 11.1 Å². The van der Waals surface area contributed by atoms with Crippen LogP contribution in [0.25, 0.3) is 10.9 Å². The highest BCUT2D eigenvalue weighted by Gasteiger charge is 2.07. The first-order valence-corrected chi connectivity index (χ1v) is 6.25. The first-order valence-electron chi connectivity index (χ1n) is 5.87. The van der Waals surface area contributed by atoms with Crippen LogP contribution in [0.4, 0.5) is 21.8 Å². The third-order valence-electron chi connectivity index (χ3n) is 2.75. The number of hydrogen-bond acceptors (Lipinski definition) is 4. The van der Waals surface area contributed by atoms with E-state index < -0.39 is 5.82 Å². The van der Waals surface area contributed by atoms with Crippen molar-refractivity contribution in [3.05, 3.63) is 53.3 Å². The van der Waals surface area contributed by atoms with Crippen LogP contribution in [0, 0.1) is 5.82 Å². The molecule has 3 aromatic rings. The molecule has 1 aromatic heterocycles. The fourth-order valence-electron chi connectivity index (χ4n) is 1.95. The minimum Gasteiger partial charge on any atom is -0.368 e. The summed E-state index contributed by atoms with van der Waals surface area (Å²) in [5, 5.41) is 4.11. The summed E-state index contributed by atoms with van der Waals surface area (Å²) in [4.78, 5) is 8.29. The number of rotatable bonds is 2. The van der Waals surface area contributed by atoms with Crippen LogP contribution in [0.15, 0.2) is 42.5 Å². The molecule has 0 aliphatic carbocycles. The van der Waals surface area contributed by atoms with E-state index in [1.54, 1.807) is 6.07 Å². The number of aromatic nitrogens is 2. The van der Waals surface area contributed by atoms with Gasteiger partial charge in [-0.25, -0.2) is 9.37 Å². The number of para-hydroxylation sites is 1. The molecule has 0 aliphatic rings. The highest BCUT2D eigenvalue weighted by molar-refractivity contribution is 6.30.